The van der Waals surface area contributed by atoms with Crippen LogP contribution in [0.4, 0.5) is 4.39 Å². The molecule has 0 aliphatic rings. The molecule has 33 heavy (non-hydrogen) atoms. The number of hydrogen-bond donors (Lipinski definition) is 2. The van der Waals surface area contributed by atoms with E-state index in [2.05, 4.69) is 34.1 Å². The highest BCUT2D eigenvalue weighted by atomic mass is 35.5. The number of hydrogen-bond acceptors (Lipinski definition) is 6. The van der Waals surface area contributed by atoms with Crippen LogP contribution in [-0.2, 0) is 11.3 Å². The topological polar surface area (TPSA) is 89.1 Å². The van der Waals surface area contributed by atoms with Gasteiger partial charge in [0.2, 0.25) is 0 Å². The van der Waals surface area contributed by atoms with Crippen LogP contribution in [0.2, 0.25) is 5.02 Å². The molecule has 0 fully saturated rings. The minimum Gasteiger partial charge on any atom is -0.490 e. The zero-order chi connectivity index (χ0) is 23.8. The number of nitrogens with zero attached hydrogens (tertiary/aromatic N) is 2. The fourth-order valence-corrected chi connectivity index (χ4v) is 3.37. The van der Waals surface area contributed by atoms with Gasteiger partial charge in [0.25, 0.3) is 5.56 Å². The predicted octanol–water partition coefficient (Wildman–Crippen LogP) is 4.45. The number of ether oxygens (including phenoxy) is 2. The first-order valence-electron chi connectivity index (χ1n) is 10.8. The van der Waals surface area contributed by atoms with Crippen LogP contribution in [0.5, 0.6) is 5.75 Å². The van der Waals surface area contributed by atoms with Gasteiger partial charge in [-0.25, -0.2) is 9.37 Å². The summed E-state index contributed by atoms with van der Waals surface area (Å²) in [6.07, 6.45) is 1.54. The lowest BCUT2D eigenvalue weighted by Gasteiger charge is -2.12. The molecule has 2 aromatic heterocycles. The lowest BCUT2D eigenvalue weighted by molar-refractivity contribution is 0.110. The maximum Gasteiger partial charge on any atom is 0.251 e. The summed E-state index contributed by atoms with van der Waals surface area (Å²) in [4.78, 5) is 23.7. The average molecular weight is 475 g/mol. The summed E-state index contributed by atoms with van der Waals surface area (Å²) in [5.41, 5.74) is 0.803. The lowest BCUT2D eigenvalue weighted by atomic mass is 10.1. The predicted molar refractivity (Wildman–Crippen MR) is 127 cm³/mol. The van der Waals surface area contributed by atoms with Gasteiger partial charge in [0.1, 0.15) is 24.0 Å². The van der Waals surface area contributed by atoms with Gasteiger partial charge in [-0.1, -0.05) is 31.5 Å². The number of pyridine rings is 1. The van der Waals surface area contributed by atoms with E-state index in [1.807, 2.05) is 6.92 Å². The van der Waals surface area contributed by atoms with Crippen molar-refractivity contribution in [2.45, 2.75) is 27.3 Å². The first kappa shape index (κ1) is 24.8. The summed E-state index contributed by atoms with van der Waals surface area (Å²) in [5.74, 6) is 0.525. The second-order valence-corrected chi connectivity index (χ2v) is 8.23. The van der Waals surface area contributed by atoms with Crippen LogP contribution in [0.3, 0.4) is 0 Å². The van der Waals surface area contributed by atoms with Crippen molar-refractivity contribution >= 4 is 11.6 Å². The highest BCUT2D eigenvalue weighted by Crippen LogP contribution is 2.31. The molecule has 0 saturated carbocycles. The van der Waals surface area contributed by atoms with Gasteiger partial charge in [0, 0.05) is 24.8 Å². The van der Waals surface area contributed by atoms with Crippen LogP contribution in [0, 0.1) is 11.7 Å². The van der Waals surface area contributed by atoms with E-state index in [1.165, 1.54) is 6.07 Å². The maximum absolute atomic E-state index is 15.3. The first-order chi connectivity index (χ1) is 15.9. The molecule has 0 amide bonds. The fraction of sp³-hybridized carbons (Fsp3) is 0.375. The largest absolute Gasteiger partial charge is 0.490 e. The van der Waals surface area contributed by atoms with E-state index in [0.717, 1.165) is 6.54 Å². The van der Waals surface area contributed by atoms with Crippen LogP contribution in [0.15, 0.2) is 41.3 Å². The Balaban J connectivity index is 1.87. The minimum atomic E-state index is -0.523. The zero-order valence-electron chi connectivity index (χ0n) is 19.0. The molecule has 2 heterocycles. The fourth-order valence-electron chi connectivity index (χ4n) is 3.13. The third-order valence-electron chi connectivity index (χ3n) is 4.72. The summed E-state index contributed by atoms with van der Waals surface area (Å²) in [5, 5.41) is 3.37. The third kappa shape index (κ3) is 6.83. The summed E-state index contributed by atoms with van der Waals surface area (Å²) in [7, 11) is 0. The number of H-pyrrole nitrogens is 1. The SMILES string of the molecule is CCOCCOc1ccc(-c2cc(=O)[nH]c(-c3c(Cl)ccc(CNCC(C)C)c3F)n2)nc1. The van der Waals surface area contributed by atoms with Gasteiger partial charge in [0.15, 0.2) is 0 Å². The Labute approximate surface area is 197 Å². The van der Waals surface area contributed by atoms with Crippen LogP contribution in [-0.4, -0.2) is 41.3 Å². The van der Waals surface area contributed by atoms with E-state index >= 15 is 4.39 Å². The maximum atomic E-state index is 15.3. The van der Waals surface area contributed by atoms with Gasteiger partial charge < -0.3 is 19.8 Å². The molecule has 7 nitrogen and oxygen atoms in total. The molecule has 0 bridgehead atoms. The average Bonchev–Trinajstić information content (AvgIpc) is 2.78. The second-order valence-electron chi connectivity index (χ2n) is 7.82. The Morgan fingerprint density at radius 3 is 2.70 bits per heavy atom. The van der Waals surface area contributed by atoms with E-state index in [4.69, 9.17) is 21.1 Å². The van der Waals surface area contributed by atoms with E-state index in [0.29, 0.717) is 55.0 Å². The summed E-state index contributed by atoms with van der Waals surface area (Å²) in [6, 6.07) is 7.95. The highest BCUT2D eigenvalue weighted by Gasteiger charge is 2.18. The van der Waals surface area contributed by atoms with Gasteiger partial charge in [-0.2, -0.15) is 0 Å². The van der Waals surface area contributed by atoms with Crippen LogP contribution in [0.1, 0.15) is 26.3 Å². The van der Waals surface area contributed by atoms with Crippen molar-refractivity contribution in [3.05, 3.63) is 63.3 Å². The van der Waals surface area contributed by atoms with E-state index in [9.17, 15) is 4.79 Å². The standard InChI is InChI=1S/C24H28ClFN4O3/c1-4-32-9-10-33-17-6-8-19(28-14-17)20-11-21(31)30-24(29-20)22-18(25)7-5-16(23(22)26)13-27-12-15(2)3/h5-8,11,14-15,27H,4,9-10,12-13H2,1-3H3,(H,29,30,31). The van der Waals surface area contributed by atoms with Crippen molar-refractivity contribution < 1.29 is 13.9 Å². The Morgan fingerprint density at radius 1 is 1.18 bits per heavy atom. The monoisotopic (exact) mass is 474 g/mol. The number of aromatic amines is 1. The Morgan fingerprint density at radius 2 is 2.00 bits per heavy atom. The Hall–Kier alpha value is -2.81. The molecule has 176 valence electrons. The van der Waals surface area contributed by atoms with Gasteiger partial charge in [-0.15, -0.1) is 0 Å². The van der Waals surface area contributed by atoms with E-state index < -0.39 is 11.4 Å². The molecule has 0 saturated heterocycles. The molecule has 9 heteroatoms. The van der Waals surface area contributed by atoms with Gasteiger partial charge in [-0.05, 0) is 37.6 Å². The minimum absolute atomic E-state index is 0.0459. The molecule has 0 unspecified atom stereocenters. The number of halogens is 2. The van der Waals surface area contributed by atoms with Crippen molar-refractivity contribution in [3.63, 3.8) is 0 Å². The Bertz CT molecular complexity index is 1120. The molecule has 3 aromatic rings. The van der Waals surface area contributed by atoms with E-state index in [1.54, 1.807) is 30.5 Å². The molecule has 0 radical (unpaired) electrons. The third-order valence-corrected chi connectivity index (χ3v) is 5.03. The Kier molecular flexibility index (Phi) is 8.94. The lowest BCUT2D eigenvalue weighted by Crippen LogP contribution is -2.20. The summed E-state index contributed by atoms with van der Waals surface area (Å²) in [6.45, 7) is 8.66. The number of aromatic nitrogens is 3. The van der Waals surface area contributed by atoms with Gasteiger partial charge >= 0.3 is 0 Å². The quantitative estimate of drug-likeness (QED) is 0.399. The molecule has 1 aromatic carbocycles. The highest BCUT2D eigenvalue weighted by molar-refractivity contribution is 6.33. The molecule has 0 aliphatic heterocycles. The van der Waals surface area contributed by atoms with Gasteiger partial charge in [0.05, 0.1) is 34.8 Å². The first-order valence-corrected chi connectivity index (χ1v) is 11.2. The summed E-state index contributed by atoms with van der Waals surface area (Å²) >= 11 is 6.30. The molecule has 2 N–H and O–H groups in total. The zero-order valence-corrected chi connectivity index (χ0v) is 19.7. The second kappa shape index (κ2) is 11.9. The van der Waals surface area contributed by atoms with Crippen molar-refractivity contribution in [1.29, 1.82) is 0 Å². The summed E-state index contributed by atoms with van der Waals surface area (Å²) < 4.78 is 26.1. The van der Waals surface area contributed by atoms with Crippen molar-refractivity contribution in [1.82, 2.24) is 20.3 Å². The molecule has 0 spiro atoms. The molecular weight excluding hydrogens is 447 g/mol. The van der Waals surface area contributed by atoms with Gasteiger partial charge in [-0.3, -0.25) is 9.78 Å². The van der Waals surface area contributed by atoms with Crippen LogP contribution in [0.25, 0.3) is 22.8 Å². The van der Waals surface area contributed by atoms with Crippen molar-refractivity contribution in [3.8, 4) is 28.5 Å². The van der Waals surface area contributed by atoms with Crippen molar-refractivity contribution in [2.24, 2.45) is 5.92 Å². The number of rotatable bonds is 11. The number of nitrogens with one attached hydrogen (secondary N) is 2. The van der Waals surface area contributed by atoms with Crippen LogP contribution < -0.4 is 15.6 Å². The molecule has 0 atom stereocenters. The number of benzene rings is 1. The molecule has 0 aliphatic carbocycles. The smallest absolute Gasteiger partial charge is 0.251 e. The molecule has 3 rings (SSSR count). The normalized spacial score (nSPS) is 11.2. The van der Waals surface area contributed by atoms with Crippen LogP contribution >= 0.6 is 11.6 Å². The van der Waals surface area contributed by atoms with E-state index in [-0.39, 0.29) is 16.4 Å². The molecular formula is C24H28ClFN4O3. The van der Waals surface area contributed by atoms with Crippen molar-refractivity contribution in [2.75, 3.05) is 26.4 Å².